The number of unbranched alkanes of at least 4 members (excludes halogenated alkanes) is 4. The van der Waals surface area contributed by atoms with Crippen LogP contribution >= 0.6 is 0 Å². The first-order valence-corrected chi connectivity index (χ1v) is 8.01. The average molecular weight is 290 g/mol. The minimum Gasteiger partial charge on any atom is -0.299 e. The molecule has 0 bridgehead atoms. The number of carbonyl (C=O) groups excluding carboxylic acids is 1. The minimum atomic E-state index is -0.276. The fourth-order valence-corrected chi connectivity index (χ4v) is 2.95. The van der Waals surface area contributed by atoms with Gasteiger partial charge in [0.2, 0.25) is 5.91 Å². The zero-order valence-electron chi connectivity index (χ0n) is 12.7. The van der Waals surface area contributed by atoms with Gasteiger partial charge in [-0.25, -0.2) is 5.48 Å². The standard InChI is InChI=1S/C17H26N2O2/c20-17(18-21)10-4-2-1-3-7-12-19-13-11-15-8-5-6-9-16(15)14-19/h5-6,8-9,21H,1-4,7,10-14H2,(H,18,20). The molecule has 0 atom stereocenters. The first-order chi connectivity index (χ1) is 10.3. The summed E-state index contributed by atoms with van der Waals surface area (Å²) < 4.78 is 0. The molecule has 0 spiro atoms. The third-order valence-electron chi connectivity index (χ3n) is 4.21. The summed E-state index contributed by atoms with van der Waals surface area (Å²) in [7, 11) is 0. The first kappa shape index (κ1) is 16.0. The highest BCUT2D eigenvalue weighted by molar-refractivity contribution is 5.74. The van der Waals surface area contributed by atoms with Crippen LogP contribution in [0.1, 0.15) is 49.7 Å². The van der Waals surface area contributed by atoms with Gasteiger partial charge in [0.05, 0.1) is 0 Å². The van der Waals surface area contributed by atoms with Gasteiger partial charge in [0.25, 0.3) is 0 Å². The lowest BCUT2D eigenvalue weighted by Gasteiger charge is -2.28. The SMILES string of the molecule is O=C(CCCCCCCN1CCc2ccccc2C1)NO. The summed E-state index contributed by atoms with van der Waals surface area (Å²) in [4.78, 5) is 13.4. The second-order valence-electron chi connectivity index (χ2n) is 5.85. The van der Waals surface area contributed by atoms with Crippen LogP contribution < -0.4 is 5.48 Å². The quantitative estimate of drug-likeness (QED) is 0.440. The summed E-state index contributed by atoms with van der Waals surface area (Å²) in [5.74, 6) is -0.276. The van der Waals surface area contributed by atoms with Crippen molar-refractivity contribution in [2.45, 2.75) is 51.5 Å². The fraction of sp³-hybridized carbons (Fsp3) is 0.588. The number of fused-ring (bicyclic) bond motifs is 1. The van der Waals surface area contributed by atoms with E-state index in [-0.39, 0.29) is 5.91 Å². The van der Waals surface area contributed by atoms with Crippen molar-refractivity contribution in [3.8, 4) is 0 Å². The van der Waals surface area contributed by atoms with Crippen LogP contribution in [0.2, 0.25) is 0 Å². The van der Waals surface area contributed by atoms with Crippen molar-refractivity contribution in [1.82, 2.24) is 10.4 Å². The molecule has 1 aromatic rings. The van der Waals surface area contributed by atoms with E-state index in [4.69, 9.17) is 5.21 Å². The highest BCUT2D eigenvalue weighted by Crippen LogP contribution is 2.19. The van der Waals surface area contributed by atoms with Crippen molar-refractivity contribution >= 4 is 5.91 Å². The Hall–Kier alpha value is -1.39. The van der Waals surface area contributed by atoms with Gasteiger partial charge < -0.3 is 0 Å². The third-order valence-corrected chi connectivity index (χ3v) is 4.21. The fourth-order valence-electron chi connectivity index (χ4n) is 2.95. The molecule has 0 unspecified atom stereocenters. The van der Waals surface area contributed by atoms with Crippen molar-refractivity contribution in [1.29, 1.82) is 0 Å². The van der Waals surface area contributed by atoms with Gasteiger partial charge in [-0.15, -0.1) is 0 Å². The van der Waals surface area contributed by atoms with E-state index in [2.05, 4.69) is 29.2 Å². The van der Waals surface area contributed by atoms with Gasteiger partial charge in [-0.05, 0) is 36.9 Å². The van der Waals surface area contributed by atoms with Crippen LogP contribution in [-0.2, 0) is 17.8 Å². The number of carbonyl (C=O) groups is 1. The van der Waals surface area contributed by atoms with Gasteiger partial charge >= 0.3 is 0 Å². The number of nitrogens with one attached hydrogen (secondary N) is 1. The van der Waals surface area contributed by atoms with Crippen molar-refractivity contribution in [2.75, 3.05) is 13.1 Å². The molecule has 0 aliphatic carbocycles. The summed E-state index contributed by atoms with van der Waals surface area (Å²) in [5, 5.41) is 8.38. The number of hydrogen-bond donors (Lipinski definition) is 2. The van der Waals surface area contributed by atoms with E-state index in [0.717, 1.165) is 19.4 Å². The van der Waals surface area contributed by atoms with Gasteiger partial charge in [-0.3, -0.25) is 14.9 Å². The Morgan fingerprint density at radius 3 is 2.62 bits per heavy atom. The van der Waals surface area contributed by atoms with E-state index in [0.29, 0.717) is 6.42 Å². The van der Waals surface area contributed by atoms with Gasteiger partial charge in [-0.1, -0.05) is 43.5 Å². The molecule has 1 heterocycles. The molecule has 2 rings (SSSR count). The summed E-state index contributed by atoms with van der Waals surface area (Å²) in [6.07, 6.45) is 7.15. The monoisotopic (exact) mass is 290 g/mol. The molecule has 21 heavy (non-hydrogen) atoms. The summed E-state index contributed by atoms with van der Waals surface area (Å²) in [6.45, 7) is 3.44. The van der Waals surface area contributed by atoms with Crippen LogP contribution in [0.4, 0.5) is 0 Å². The van der Waals surface area contributed by atoms with E-state index >= 15 is 0 Å². The topological polar surface area (TPSA) is 52.6 Å². The number of rotatable bonds is 8. The highest BCUT2D eigenvalue weighted by atomic mass is 16.5. The van der Waals surface area contributed by atoms with Crippen LogP contribution in [-0.4, -0.2) is 29.1 Å². The number of hydroxylamine groups is 1. The number of nitrogens with zero attached hydrogens (tertiary/aromatic N) is 1. The Labute approximate surface area is 127 Å². The van der Waals surface area contributed by atoms with Crippen LogP contribution in [0.15, 0.2) is 24.3 Å². The van der Waals surface area contributed by atoms with Crippen molar-refractivity contribution < 1.29 is 10.0 Å². The summed E-state index contributed by atoms with van der Waals surface area (Å²) in [6, 6.07) is 8.75. The lowest BCUT2D eigenvalue weighted by molar-refractivity contribution is -0.129. The van der Waals surface area contributed by atoms with Crippen molar-refractivity contribution in [3.63, 3.8) is 0 Å². The summed E-state index contributed by atoms with van der Waals surface area (Å²) in [5.41, 5.74) is 4.67. The third kappa shape index (κ3) is 5.48. The lowest BCUT2D eigenvalue weighted by Crippen LogP contribution is -2.31. The molecule has 0 aromatic heterocycles. The second-order valence-corrected chi connectivity index (χ2v) is 5.85. The molecule has 116 valence electrons. The normalized spacial score (nSPS) is 14.7. The maximum atomic E-state index is 10.8. The van der Waals surface area contributed by atoms with Gasteiger partial charge in [0, 0.05) is 19.5 Å². The van der Waals surface area contributed by atoms with Crippen LogP contribution in [0, 0.1) is 0 Å². The lowest BCUT2D eigenvalue weighted by atomic mass is 9.99. The Morgan fingerprint density at radius 2 is 1.81 bits per heavy atom. The van der Waals surface area contributed by atoms with Gasteiger partial charge in [0.1, 0.15) is 0 Å². The number of hydrogen-bond acceptors (Lipinski definition) is 3. The maximum absolute atomic E-state index is 10.8. The molecule has 0 saturated heterocycles. The molecule has 0 saturated carbocycles. The molecular weight excluding hydrogens is 264 g/mol. The molecular formula is C17H26N2O2. The molecule has 1 aromatic carbocycles. The van der Waals surface area contributed by atoms with Gasteiger partial charge in [-0.2, -0.15) is 0 Å². The van der Waals surface area contributed by atoms with Crippen molar-refractivity contribution in [2.24, 2.45) is 0 Å². The molecule has 1 aliphatic rings. The Kier molecular flexibility index (Phi) is 6.70. The van der Waals surface area contributed by atoms with Crippen molar-refractivity contribution in [3.05, 3.63) is 35.4 Å². The van der Waals surface area contributed by atoms with Gasteiger partial charge in [0.15, 0.2) is 0 Å². The molecule has 0 radical (unpaired) electrons. The minimum absolute atomic E-state index is 0.276. The predicted molar refractivity (Wildman–Crippen MR) is 83.1 cm³/mol. The average Bonchev–Trinajstić information content (AvgIpc) is 2.53. The second kappa shape index (κ2) is 8.80. The first-order valence-electron chi connectivity index (χ1n) is 8.01. The number of amides is 1. The zero-order valence-corrected chi connectivity index (χ0v) is 12.7. The van der Waals surface area contributed by atoms with E-state index in [1.54, 1.807) is 5.48 Å². The van der Waals surface area contributed by atoms with Crippen LogP contribution in [0.5, 0.6) is 0 Å². The van der Waals surface area contributed by atoms with E-state index < -0.39 is 0 Å². The Bertz CT molecular complexity index is 448. The molecule has 2 N–H and O–H groups in total. The predicted octanol–water partition coefficient (Wildman–Crippen LogP) is 2.89. The smallest absolute Gasteiger partial charge is 0.243 e. The maximum Gasteiger partial charge on any atom is 0.243 e. The number of benzene rings is 1. The van der Waals surface area contributed by atoms with E-state index in [9.17, 15) is 4.79 Å². The molecule has 0 fully saturated rings. The Balaban J connectivity index is 1.53. The van der Waals surface area contributed by atoms with Crippen LogP contribution in [0.25, 0.3) is 0 Å². The largest absolute Gasteiger partial charge is 0.299 e. The molecule has 4 heteroatoms. The summed E-state index contributed by atoms with van der Waals surface area (Å²) >= 11 is 0. The van der Waals surface area contributed by atoms with E-state index in [1.807, 2.05) is 0 Å². The zero-order chi connectivity index (χ0) is 14.9. The Morgan fingerprint density at radius 1 is 1.10 bits per heavy atom. The molecule has 1 amide bonds. The molecule has 4 nitrogen and oxygen atoms in total. The molecule has 1 aliphatic heterocycles. The highest BCUT2D eigenvalue weighted by Gasteiger charge is 2.14. The van der Waals surface area contributed by atoms with Crippen LogP contribution in [0.3, 0.4) is 0 Å². The van der Waals surface area contributed by atoms with E-state index in [1.165, 1.54) is 49.9 Å².